The molecule has 0 aliphatic heterocycles. The number of hydrogen-bond acceptors (Lipinski definition) is 2. The van der Waals surface area contributed by atoms with Gasteiger partial charge in [-0.1, -0.05) is 47.0 Å². The van der Waals surface area contributed by atoms with E-state index >= 15 is 0 Å². The molecule has 0 saturated heterocycles. The van der Waals surface area contributed by atoms with Gasteiger partial charge in [0.25, 0.3) is 5.91 Å². The Kier molecular flexibility index (Phi) is 9.70. The minimum absolute atomic E-state index is 0.176. The lowest BCUT2D eigenvalue weighted by atomic mass is 9.89. The fraction of sp³-hybridized carbons (Fsp3) is 0.741. The summed E-state index contributed by atoms with van der Waals surface area (Å²) in [5.74, 6) is 2.27. The highest BCUT2D eigenvalue weighted by molar-refractivity contribution is 5.97. The quantitative estimate of drug-likeness (QED) is 0.370. The number of amides is 1. The van der Waals surface area contributed by atoms with E-state index < -0.39 is 0 Å². The average Bonchev–Trinajstić information content (AvgIpc) is 2.76. The highest BCUT2D eigenvalue weighted by Crippen LogP contribution is 2.23. The number of fused-ring (bicyclic) bond motifs is 1. The Morgan fingerprint density at radius 3 is 2.44 bits per heavy atom. The van der Waals surface area contributed by atoms with Crippen molar-refractivity contribution in [1.29, 1.82) is 0 Å². The Hall–Kier alpha value is -1.75. The molecule has 1 aromatic heterocycles. The zero-order valence-corrected chi connectivity index (χ0v) is 21.0. The molecule has 1 saturated carbocycles. The van der Waals surface area contributed by atoms with Gasteiger partial charge in [0, 0.05) is 25.2 Å². The summed E-state index contributed by atoms with van der Waals surface area (Å²) in [4.78, 5) is 15.4. The molecule has 1 aliphatic carbocycles. The van der Waals surface area contributed by atoms with Gasteiger partial charge in [-0.3, -0.25) is 14.6 Å². The molecule has 0 unspecified atom stereocenters. The molecule has 0 atom stereocenters. The lowest BCUT2D eigenvalue weighted by molar-refractivity contribution is 0.0741. The lowest BCUT2D eigenvalue weighted by Crippen LogP contribution is -2.34. The van der Waals surface area contributed by atoms with E-state index in [9.17, 15) is 4.79 Å². The fourth-order valence-corrected chi connectivity index (χ4v) is 4.70. The maximum atomic E-state index is 13.3. The number of H-pyrrole nitrogens is 1. The summed E-state index contributed by atoms with van der Waals surface area (Å²) in [5, 5.41) is 7.08. The molecule has 3 rings (SSSR count). The number of carbonyl (C=O) groups excluding carboxylic acids is 1. The number of aryl methyl sites for hydroxylation is 1. The van der Waals surface area contributed by atoms with Gasteiger partial charge < -0.3 is 10.2 Å². The lowest BCUT2D eigenvalue weighted by Gasteiger charge is -2.25. The van der Waals surface area contributed by atoms with Crippen LogP contribution in [0.25, 0.3) is 11.0 Å². The molecule has 0 spiro atoms. The third kappa shape index (κ3) is 7.40. The van der Waals surface area contributed by atoms with Crippen LogP contribution in [0, 0.1) is 17.8 Å². The minimum atomic E-state index is 0.176. The SMILES string of the molecule is CC(C)CCN(CCC(C)C)C(=O)c1ccc2[nH]n(CCCNCC3CCCCC3)c2c1. The first-order valence-electron chi connectivity index (χ1n) is 13.1. The maximum absolute atomic E-state index is 13.3. The van der Waals surface area contributed by atoms with E-state index in [-0.39, 0.29) is 5.91 Å². The number of rotatable bonds is 13. The van der Waals surface area contributed by atoms with Gasteiger partial charge in [0.15, 0.2) is 0 Å². The van der Waals surface area contributed by atoms with Crippen LogP contribution in [-0.4, -0.2) is 46.8 Å². The summed E-state index contributed by atoms with van der Waals surface area (Å²) in [5.41, 5.74) is 3.11. The van der Waals surface area contributed by atoms with Gasteiger partial charge in [-0.15, -0.1) is 0 Å². The average molecular weight is 443 g/mol. The van der Waals surface area contributed by atoms with Gasteiger partial charge in [0.2, 0.25) is 0 Å². The molecule has 0 radical (unpaired) electrons. The van der Waals surface area contributed by atoms with Crippen LogP contribution in [0.15, 0.2) is 18.2 Å². The van der Waals surface area contributed by atoms with Crippen molar-refractivity contribution in [3.8, 4) is 0 Å². The number of hydrogen-bond donors (Lipinski definition) is 2. The summed E-state index contributed by atoms with van der Waals surface area (Å²) in [6.07, 6.45) is 10.3. The number of benzene rings is 1. The molecular weight excluding hydrogens is 396 g/mol. The molecule has 1 heterocycles. The Labute approximate surface area is 195 Å². The van der Waals surface area contributed by atoms with E-state index in [0.717, 1.165) is 68.0 Å². The van der Waals surface area contributed by atoms with Crippen LogP contribution < -0.4 is 5.32 Å². The van der Waals surface area contributed by atoms with Gasteiger partial charge in [-0.2, -0.15) is 0 Å². The van der Waals surface area contributed by atoms with E-state index in [2.05, 4.69) is 59.8 Å². The topological polar surface area (TPSA) is 53.1 Å². The molecule has 5 nitrogen and oxygen atoms in total. The van der Waals surface area contributed by atoms with Gasteiger partial charge in [-0.25, -0.2) is 0 Å². The van der Waals surface area contributed by atoms with E-state index in [4.69, 9.17) is 0 Å². The van der Waals surface area contributed by atoms with Crippen molar-refractivity contribution in [2.75, 3.05) is 26.2 Å². The van der Waals surface area contributed by atoms with Crippen LogP contribution in [0.1, 0.15) is 89.4 Å². The van der Waals surface area contributed by atoms with E-state index in [1.54, 1.807) is 0 Å². The van der Waals surface area contributed by atoms with E-state index in [0.29, 0.717) is 11.8 Å². The first-order chi connectivity index (χ1) is 15.4. The molecule has 1 fully saturated rings. The molecule has 1 aromatic carbocycles. The van der Waals surface area contributed by atoms with Crippen molar-refractivity contribution in [3.63, 3.8) is 0 Å². The van der Waals surface area contributed by atoms with Gasteiger partial charge in [-0.05, 0) is 81.1 Å². The summed E-state index contributed by atoms with van der Waals surface area (Å²) >= 11 is 0. The molecule has 5 heteroatoms. The van der Waals surface area contributed by atoms with Crippen LogP contribution in [-0.2, 0) is 6.54 Å². The minimum Gasteiger partial charge on any atom is -0.339 e. The van der Waals surface area contributed by atoms with Gasteiger partial charge >= 0.3 is 0 Å². The summed E-state index contributed by atoms with van der Waals surface area (Å²) < 4.78 is 2.20. The van der Waals surface area contributed by atoms with Crippen molar-refractivity contribution < 1.29 is 4.79 Å². The second-order valence-electron chi connectivity index (χ2n) is 10.7. The molecule has 180 valence electrons. The van der Waals surface area contributed by atoms with Crippen molar-refractivity contribution in [2.45, 2.75) is 85.6 Å². The zero-order chi connectivity index (χ0) is 22.9. The van der Waals surface area contributed by atoms with Crippen LogP contribution in [0.4, 0.5) is 0 Å². The standard InChI is InChI=1S/C27H46N4O/c1-21(2)13-17-30(18-14-22(3)4)27(32)24-11-12-25-26(19-24)31(29-25)16-8-15-28-20-23-9-6-5-7-10-23/h11-12,19,21-23,28-29H,5-10,13-18,20H2,1-4H3. The van der Waals surface area contributed by atoms with Crippen molar-refractivity contribution >= 4 is 16.9 Å². The number of carbonyl (C=O) groups is 1. The predicted octanol–water partition coefficient (Wildman–Crippen LogP) is 6.06. The largest absolute Gasteiger partial charge is 0.339 e. The first kappa shape index (κ1) is 24.9. The highest BCUT2D eigenvalue weighted by Gasteiger charge is 2.18. The molecular formula is C27H46N4O. The number of aromatic amines is 1. The third-order valence-electron chi connectivity index (χ3n) is 6.92. The van der Waals surface area contributed by atoms with Crippen LogP contribution in [0.5, 0.6) is 0 Å². The van der Waals surface area contributed by atoms with E-state index in [1.807, 2.05) is 6.07 Å². The number of nitrogens with one attached hydrogen (secondary N) is 2. The van der Waals surface area contributed by atoms with Crippen molar-refractivity contribution in [1.82, 2.24) is 20.0 Å². The van der Waals surface area contributed by atoms with Crippen LogP contribution >= 0.6 is 0 Å². The fourth-order valence-electron chi connectivity index (χ4n) is 4.70. The molecule has 2 N–H and O–H groups in total. The van der Waals surface area contributed by atoms with Gasteiger partial charge in [0.05, 0.1) is 11.0 Å². The van der Waals surface area contributed by atoms with Crippen LogP contribution in [0.3, 0.4) is 0 Å². The Morgan fingerprint density at radius 2 is 1.78 bits per heavy atom. The number of aromatic nitrogens is 2. The summed E-state index contributed by atoms with van der Waals surface area (Å²) in [6.45, 7) is 13.8. The first-order valence-corrected chi connectivity index (χ1v) is 13.1. The monoisotopic (exact) mass is 442 g/mol. The smallest absolute Gasteiger partial charge is 0.253 e. The normalized spacial score (nSPS) is 15.3. The van der Waals surface area contributed by atoms with Gasteiger partial charge in [0.1, 0.15) is 0 Å². The predicted molar refractivity (Wildman–Crippen MR) is 135 cm³/mol. The molecule has 1 aliphatic rings. The van der Waals surface area contributed by atoms with Crippen molar-refractivity contribution in [3.05, 3.63) is 23.8 Å². The van der Waals surface area contributed by atoms with Crippen LogP contribution in [0.2, 0.25) is 0 Å². The zero-order valence-electron chi connectivity index (χ0n) is 21.0. The maximum Gasteiger partial charge on any atom is 0.253 e. The number of nitrogens with zero attached hydrogens (tertiary/aromatic N) is 2. The van der Waals surface area contributed by atoms with Crippen molar-refractivity contribution in [2.24, 2.45) is 17.8 Å². The van der Waals surface area contributed by atoms with E-state index in [1.165, 1.54) is 38.6 Å². The Bertz CT molecular complexity index is 801. The Morgan fingerprint density at radius 1 is 1.09 bits per heavy atom. The molecule has 2 aromatic rings. The third-order valence-corrected chi connectivity index (χ3v) is 6.92. The Balaban J connectivity index is 1.52. The summed E-state index contributed by atoms with van der Waals surface area (Å²) in [7, 11) is 0. The second-order valence-corrected chi connectivity index (χ2v) is 10.7. The second kappa shape index (κ2) is 12.5. The summed E-state index contributed by atoms with van der Waals surface area (Å²) in [6, 6.07) is 6.12. The molecule has 32 heavy (non-hydrogen) atoms. The highest BCUT2D eigenvalue weighted by atomic mass is 16.2. The molecule has 1 amide bonds. The molecule has 0 bridgehead atoms.